The molecule has 2 aliphatic rings. The van der Waals surface area contributed by atoms with E-state index in [-0.39, 0.29) is 29.0 Å². The predicted molar refractivity (Wildman–Crippen MR) is 151 cm³/mol. The topological polar surface area (TPSA) is 76.8 Å². The summed E-state index contributed by atoms with van der Waals surface area (Å²) < 4.78 is 42.0. The molecule has 1 fully saturated rings. The van der Waals surface area contributed by atoms with Crippen molar-refractivity contribution in [1.82, 2.24) is 14.5 Å². The van der Waals surface area contributed by atoms with Crippen LogP contribution >= 0.6 is 11.6 Å². The number of nitrogens with zero attached hydrogens (tertiary/aromatic N) is 3. The molecule has 0 radical (unpaired) electrons. The molecule has 0 aliphatic carbocycles. The van der Waals surface area contributed by atoms with E-state index in [0.717, 1.165) is 54.0 Å². The number of hydrogen-bond acceptors (Lipinski definition) is 5. The standard InChI is InChI=1S/C31H28ClF2N3O4/c32-23-4-1-22(26(34)15-23)18-41-29-14-20(2-5-25(29)33)19-7-10-36(11-8-19)17-30-35-27-6-3-21(31(38)39)13-28(27)37(30)16-24-9-12-40-24/h1-7,13-15,24H,8-12,16-18H2,(H,38,39)/t24-/m0/s1. The number of halogens is 3. The second-order valence-electron chi connectivity index (χ2n) is 10.3. The molecule has 0 saturated carbocycles. The summed E-state index contributed by atoms with van der Waals surface area (Å²) in [6.45, 7) is 3.28. The molecule has 7 nitrogen and oxygen atoms in total. The first kappa shape index (κ1) is 27.4. The summed E-state index contributed by atoms with van der Waals surface area (Å²) in [5.41, 5.74) is 4.00. The zero-order chi connectivity index (χ0) is 28.5. The molecule has 1 aromatic heterocycles. The number of imidazole rings is 1. The fourth-order valence-electron chi connectivity index (χ4n) is 5.19. The highest BCUT2D eigenvalue weighted by molar-refractivity contribution is 6.30. The van der Waals surface area contributed by atoms with Gasteiger partial charge in [-0.1, -0.05) is 29.8 Å². The Hall–Kier alpha value is -3.79. The fourth-order valence-corrected chi connectivity index (χ4v) is 5.35. The molecule has 2 aliphatic heterocycles. The van der Waals surface area contributed by atoms with Crippen LogP contribution in [0.3, 0.4) is 0 Å². The number of carboxylic acids is 1. The van der Waals surface area contributed by atoms with Crippen molar-refractivity contribution in [1.29, 1.82) is 0 Å². The third kappa shape index (κ3) is 5.98. The first-order valence-electron chi connectivity index (χ1n) is 13.5. The molecule has 6 rings (SSSR count). The second-order valence-corrected chi connectivity index (χ2v) is 10.7. The lowest BCUT2D eigenvalue weighted by Crippen LogP contribution is -2.33. The maximum Gasteiger partial charge on any atom is 0.335 e. The van der Waals surface area contributed by atoms with Gasteiger partial charge in [-0.05, 0) is 66.4 Å². The third-order valence-electron chi connectivity index (χ3n) is 7.61. The number of carboxylic acid groups (broad SMARTS) is 1. The number of aromatic carboxylic acids is 1. The highest BCUT2D eigenvalue weighted by atomic mass is 35.5. The Kier molecular flexibility index (Phi) is 7.75. The van der Waals surface area contributed by atoms with Gasteiger partial charge < -0.3 is 19.1 Å². The summed E-state index contributed by atoms with van der Waals surface area (Å²) in [4.78, 5) is 18.7. The monoisotopic (exact) mass is 579 g/mol. The molecule has 41 heavy (non-hydrogen) atoms. The van der Waals surface area contributed by atoms with Crippen LogP contribution in [0.5, 0.6) is 5.75 Å². The summed E-state index contributed by atoms with van der Waals surface area (Å²) in [5.74, 6) is -1.06. The molecule has 1 N–H and O–H groups in total. The van der Waals surface area contributed by atoms with Crippen LogP contribution in [-0.2, 0) is 24.4 Å². The van der Waals surface area contributed by atoms with Crippen LogP contribution in [0, 0.1) is 11.6 Å². The quantitative estimate of drug-likeness (QED) is 0.250. The molecule has 0 spiro atoms. The van der Waals surface area contributed by atoms with Gasteiger partial charge in [0.1, 0.15) is 18.2 Å². The van der Waals surface area contributed by atoms with Gasteiger partial charge in [-0.15, -0.1) is 0 Å². The van der Waals surface area contributed by atoms with Gasteiger partial charge in [0.15, 0.2) is 11.6 Å². The number of benzene rings is 3. The normalized spacial score (nSPS) is 17.3. The molecule has 0 unspecified atom stereocenters. The van der Waals surface area contributed by atoms with Gasteiger partial charge in [-0.2, -0.15) is 0 Å². The second kappa shape index (κ2) is 11.6. The Morgan fingerprint density at radius 3 is 2.68 bits per heavy atom. The first-order chi connectivity index (χ1) is 19.8. The van der Waals surface area contributed by atoms with Gasteiger partial charge in [0.05, 0.1) is 35.8 Å². The number of rotatable bonds is 9. The average Bonchev–Trinajstić information content (AvgIpc) is 3.27. The van der Waals surface area contributed by atoms with E-state index < -0.39 is 17.6 Å². The van der Waals surface area contributed by atoms with E-state index in [1.165, 1.54) is 18.2 Å². The summed E-state index contributed by atoms with van der Waals surface area (Å²) in [6, 6.07) is 14.1. The maximum absolute atomic E-state index is 14.5. The maximum atomic E-state index is 14.5. The van der Waals surface area contributed by atoms with Crippen LogP contribution in [-0.4, -0.2) is 51.3 Å². The molecule has 10 heteroatoms. The van der Waals surface area contributed by atoms with E-state index >= 15 is 0 Å². The van der Waals surface area contributed by atoms with Gasteiger partial charge in [0, 0.05) is 30.3 Å². The smallest absolute Gasteiger partial charge is 0.335 e. The molecular formula is C31H28ClF2N3O4. The summed E-state index contributed by atoms with van der Waals surface area (Å²) in [6.07, 6.45) is 3.92. The van der Waals surface area contributed by atoms with Gasteiger partial charge >= 0.3 is 5.97 Å². The number of ether oxygens (including phenoxy) is 2. The molecule has 3 aromatic carbocycles. The highest BCUT2D eigenvalue weighted by Gasteiger charge is 2.24. The Labute approximate surface area is 240 Å². The lowest BCUT2D eigenvalue weighted by Gasteiger charge is -2.29. The van der Waals surface area contributed by atoms with Crippen LogP contribution < -0.4 is 4.74 Å². The molecule has 0 amide bonds. The molecule has 3 heterocycles. The van der Waals surface area contributed by atoms with Crippen molar-refractivity contribution >= 4 is 34.2 Å². The molecule has 4 aromatic rings. The lowest BCUT2D eigenvalue weighted by atomic mass is 9.99. The summed E-state index contributed by atoms with van der Waals surface area (Å²) >= 11 is 5.81. The van der Waals surface area contributed by atoms with E-state index in [1.54, 1.807) is 36.4 Å². The highest BCUT2D eigenvalue weighted by Crippen LogP contribution is 2.30. The van der Waals surface area contributed by atoms with E-state index in [0.29, 0.717) is 25.2 Å². The van der Waals surface area contributed by atoms with Crippen molar-refractivity contribution < 1.29 is 28.2 Å². The van der Waals surface area contributed by atoms with E-state index in [9.17, 15) is 18.7 Å². The zero-order valence-electron chi connectivity index (χ0n) is 22.2. The molecule has 1 saturated heterocycles. The largest absolute Gasteiger partial charge is 0.486 e. The summed E-state index contributed by atoms with van der Waals surface area (Å²) in [5, 5.41) is 9.77. The first-order valence-corrected chi connectivity index (χ1v) is 13.8. The number of aromatic nitrogens is 2. The van der Waals surface area contributed by atoms with Crippen molar-refractivity contribution in [2.24, 2.45) is 0 Å². The van der Waals surface area contributed by atoms with Crippen LogP contribution in [0.1, 0.15) is 40.2 Å². The molecule has 212 valence electrons. The average molecular weight is 580 g/mol. The van der Waals surface area contributed by atoms with E-state index in [4.69, 9.17) is 26.1 Å². The number of carbonyl (C=O) groups is 1. The third-order valence-corrected chi connectivity index (χ3v) is 7.85. The van der Waals surface area contributed by atoms with Gasteiger partial charge in [-0.25, -0.2) is 18.6 Å². The van der Waals surface area contributed by atoms with Gasteiger partial charge in [0.25, 0.3) is 0 Å². The van der Waals surface area contributed by atoms with Crippen LogP contribution in [0.15, 0.2) is 60.7 Å². The molecule has 0 bridgehead atoms. The van der Waals surface area contributed by atoms with Crippen molar-refractivity contribution in [2.45, 2.75) is 38.6 Å². The SMILES string of the molecule is O=C(O)c1ccc2nc(CN3CC=C(c4ccc(F)c(OCc5ccc(Cl)cc5F)c4)CC3)n(C[C@@H]3CCO3)c2c1. The van der Waals surface area contributed by atoms with Crippen molar-refractivity contribution in [2.75, 3.05) is 19.7 Å². The minimum Gasteiger partial charge on any atom is -0.486 e. The van der Waals surface area contributed by atoms with Gasteiger partial charge in [0.2, 0.25) is 0 Å². The van der Waals surface area contributed by atoms with Gasteiger partial charge in [-0.3, -0.25) is 4.90 Å². The fraction of sp³-hybridized carbons (Fsp3) is 0.290. The van der Waals surface area contributed by atoms with Crippen molar-refractivity contribution in [3.05, 3.63) is 99.8 Å². The Balaban J connectivity index is 1.17. The minimum absolute atomic E-state index is 0.0628. The van der Waals surface area contributed by atoms with Crippen LogP contribution in [0.25, 0.3) is 16.6 Å². The van der Waals surface area contributed by atoms with E-state index in [2.05, 4.69) is 15.5 Å². The lowest BCUT2D eigenvalue weighted by molar-refractivity contribution is -0.0591. The molecule has 1 atom stereocenters. The van der Waals surface area contributed by atoms with Crippen molar-refractivity contribution in [3.63, 3.8) is 0 Å². The Bertz CT molecular complexity index is 1650. The number of hydrogen-bond donors (Lipinski definition) is 1. The van der Waals surface area contributed by atoms with E-state index in [1.807, 2.05) is 0 Å². The number of fused-ring (bicyclic) bond motifs is 1. The Morgan fingerprint density at radius 2 is 1.98 bits per heavy atom. The van der Waals surface area contributed by atoms with Crippen molar-refractivity contribution in [3.8, 4) is 5.75 Å². The summed E-state index contributed by atoms with van der Waals surface area (Å²) in [7, 11) is 0. The predicted octanol–water partition coefficient (Wildman–Crippen LogP) is 6.32. The zero-order valence-corrected chi connectivity index (χ0v) is 22.9. The Morgan fingerprint density at radius 1 is 1.12 bits per heavy atom. The van der Waals surface area contributed by atoms with Crippen LogP contribution in [0.4, 0.5) is 8.78 Å². The molecular weight excluding hydrogens is 552 g/mol. The van der Waals surface area contributed by atoms with Crippen LogP contribution in [0.2, 0.25) is 5.02 Å². The minimum atomic E-state index is -0.971.